The molecule has 1 rings (SSSR count). The number of carbonyl (C=O) groups excluding carboxylic acids is 1. The van der Waals surface area contributed by atoms with Crippen molar-refractivity contribution in [3.05, 3.63) is 29.3 Å². The quantitative estimate of drug-likeness (QED) is 0.651. The lowest BCUT2D eigenvalue weighted by atomic mass is 10.2. The second-order valence-electron chi connectivity index (χ2n) is 3.82. The lowest BCUT2D eigenvalue weighted by molar-refractivity contribution is -0.153. The largest absolute Gasteiger partial charge is 0.466 e. The van der Waals surface area contributed by atoms with Crippen LogP contribution in [0.15, 0.2) is 24.3 Å². The van der Waals surface area contributed by atoms with Crippen molar-refractivity contribution < 1.29 is 19.4 Å². The Bertz CT molecular complexity index is 373. The predicted octanol–water partition coefficient (Wildman–Crippen LogP) is 2.38. The van der Waals surface area contributed by atoms with Crippen molar-refractivity contribution in [2.24, 2.45) is 0 Å². The zero-order valence-corrected chi connectivity index (χ0v) is 10.5. The summed E-state index contributed by atoms with van der Waals surface area (Å²) in [7, 11) is 0. The van der Waals surface area contributed by atoms with E-state index in [0.717, 1.165) is 0 Å². The standard InChI is InChI=1S/C12H15ClO4/c1-9(14)16-8-7-12(2,15)17-11-5-3-10(13)4-6-11/h3-6,15H,7-8H2,1-2H3. The average Bonchev–Trinajstić information content (AvgIpc) is 2.20. The minimum atomic E-state index is -1.39. The average molecular weight is 259 g/mol. The van der Waals surface area contributed by atoms with Gasteiger partial charge in [0.15, 0.2) is 0 Å². The maximum absolute atomic E-state index is 10.6. The van der Waals surface area contributed by atoms with Crippen LogP contribution in [0, 0.1) is 0 Å². The first-order chi connectivity index (χ1) is 7.89. The lowest BCUT2D eigenvalue weighted by Gasteiger charge is -2.24. The summed E-state index contributed by atoms with van der Waals surface area (Å²) >= 11 is 5.73. The number of ether oxygens (including phenoxy) is 2. The van der Waals surface area contributed by atoms with Gasteiger partial charge < -0.3 is 14.6 Å². The van der Waals surface area contributed by atoms with Gasteiger partial charge in [0.2, 0.25) is 5.79 Å². The molecule has 0 bridgehead atoms. The van der Waals surface area contributed by atoms with Gasteiger partial charge in [-0.2, -0.15) is 0 Å². The molecule has 0 saturated heterocycles. The Morgan fingerprint density at radius 3 is 2.53 bits per heavy atom. The molecule has 1 aromatic carbocycles. The molecule has 1 aromatic rings. The zero-order chi connectivity index (χ0) is 12.9. The van der Waals surface area contributed by atoms with Gasteiger partial charge in [0.05, 0.1) is 6.61 Å². The first-order valence-corrected chi connectivity index (χ1v) is 5.57. The van der Waals surface area contributed by atoms with Crippen LogP contribution in [0.1, 0.15) is 20.3 Å². The van der Waals surface area contributed by atoms with Crippen LogP contribution in [0.4, 0.5) is 0 Å². The zero-order valence-electron chi connectivity index (χ0n) is 9.77. The highest BCUT2D eigenvalue weighted by Gasteiger charge is 2.22. The molecular weight excluding hydrogens is 244 g/mol. The van der Waals surface area contributed by atoms with Gasteiger partial charge in [-0.25, -0.2) is 0 Å². The monoisotopic (exact) mass is 258 g/mol. The maximum Gasteiger partial charge on any atom is 0.302 e. The molecule has 0 fully saturated rings. The Morgan fingerprint density at radius 1 is 1.41 bits per heavy atom. The molecule has 1 atom stereocenters. The summed E-state index contributed by atoms with van der Waals surface area (Å²) in [5, 5.41) is 10.5. The van der Waals surface area contributed by atoms with Gasteiger partial charge in [0.25, 0.3) is 0 Å². The molecule has 0 amide bonds. The van der Waals surface area contributed by atoms with Crippen molar-refractivity contribution in [2.45, 2.75) is 26.1 Å². The summed E-state index contributed by atoms with van der Waals surface area (Å²) in [6, 6.07) is 6.64. The molecule has 0 radical (unpaired) electrons. The van der Waals surface area contributed by atoms with Crippen LogP contribution >= 0.6 is 11.6 Å². The van der Waals surface area contributed by atoms with Gasteiger partial charge in [0.1, 0.15) is 5.75 Å². The van der Waals surface area contributed by atoms with Crippen LogP contribution in [0.2, 0.25) is 5.02 Å². The molecule has 0 heterocycles. The van der Waals surface area contributed by atoms with E-state index in [9.17, 15) is 9.90 Å². The number of benzene rings is 1. The minimum absolute atomic E-state index is 0.107. The van der Waals surface area contributed by atoms with Gasteiger partial charge >= 0.3 is 5.97 Å². The third kappa shape index (κ3) is 5.56. The van der Waals surface area contributed by atoms with Crippen LogP contribution in [0.3, 0.4) is 0 Å². The van der Waals surface area contributed by atoms with Crippen LogP contribution in [-0.4, -0.2) is 23.5 Å². The lowest BCUT2D eigenvalue weighted by Crippen LogP contribution is -2.33. The van der Waals surface area contributed by atoms with Gasteiger partial charge in [-0.1, -0.05) is 11.6 Å². The molecule has 0 aliphatic carbocycles. The molecule has 1 unspecified atom stereocenters. The van der Waals surface area contributed by atoms with E-state index in [0.29, 0.717) is 10.8 Å². The van der Waals surface area contributed by atoms with Crippen molar-refractivity contribution in [3.8, 4) is 5.75 Å². The highest BCUT2D eigenvalue weighted by atomic mass is 35.5. The van der Waals surface area contributed by atoms with E-state index in [4.69, 9.17) is 21.1 Å². The molecule has 17 heavy (non-hydrogen) atoms. The normalized spacial score (nSPS) is 13.9. The second-order valence-corrected chi connectivity index (χ2v) is 4.26. The topological polar surface area (TPSA) is 55.8 Å². The molecule has 0 aliphatic heterocycles. The molecular formula is C12H15ClO4. The summed E-state index contributed by atoms with van der Waals surface area (Å²) in [5.74, 6) is -1.27. The van der Waals surface area contributed by atoms with Crippen LogP contribution in [0.5, 0.6) is 5.75 Å². The first-order valence-electron chi connectivity index (χ1n) is 5.19. The van der Waals surface area contributed by atoms with E-state index in [2.05, 4.69) is 0 Å². The van der Waals surface area contributed by atoms with E-state index in [1.54, 1.807) is 24.3 Å². The first kappa shape index (κ1) is 13.8. The van der Waals surface area contributed by atoms with Crippen molar-refractivity contribution in [2.75, 3.05) is 6.61 Å². The van der Waals surface area contributed by atoms with Crippen LogP contribution in [-0.2, 0) is 9.53 Å². The van der Waals surface area contributed by atoms with Crippen LogP contribution in [0.25, 0.3) is 0 Å². The molecule has 5 heteroatoms. The third-order valence-corrected chi connectivity index (χ3v) is 2.27. The van der Waals surface area contributed by atoms with E-state index in [1.165, 1.54) is 13.8 Å². The number of halogens is 1. The van der Waals surface area contributed by atoms with Gasteiger partial charge in [-0.3, -0.25) is 4.79 Å². The molecule has 0 saturated carbocycles. The molecule has 0 aliphatic rings. The van der Waals surface area contributed by atoms with Crippen LogP contribution < -0.4 is 4.74 Å². The van der Waals surface area contributed by atoms with E-state index in [1.807, 2.05) is 0 Å². The molecule has 0 spiro atoms. The van der Waals surface area contributed by atoms with Gasteiger partial charge in [0, 0.05) is 25.3 Å². The number of aliphatic hydroxyl groups is 1. The van der Waals surface area contributed by atoms with Crippen molar-refractivity contribution in [1.29, 1.82) is 0 Å². The summed E-state index contributed by atoms with van der Waals surface area (Å²) in [6.07, 6.45) is 0.190. The van der Waals surface area contributed by atoms with Gasteiger partial charge in [-0.15, -0.1) is 0 Å². The summed E-state index contributed by atoms with van der Waals surface area (Å²) in [6.45, 7) is 2.93. The summed E-state index contributed by atoms with van der Waals surface area (Å²) < 4.78 is 10.1. The van der Waals surface area contributed by atoms with Crippen molar-refractivity contribution in [3.63, 3.8) is 0 Å². The number of hydrogen-bond donors (Lipinski definition) is 1. The smallest absolute Gasteiger partial charge is 0.302 e. The maximum atomic E-state index is 10.6. The molecule has 4 nitrogen and oxygen atoms in total. The van der Waals surface area contributed by atoms with E-state index < -0.39 is 5.79 Å². The van der Waals surface area contributed by atoms with Crippen molar-refractivity contribution in [1.82, 2.24) is 0 Å². The second kappa shape index (κ2) is 5.89. The SMILES string of the molecule is CC(=O)OCCC(C)(O)Oc1ccc(Cl)cc1. The molecule has 1 N–H and O–H groups in total. The third-order valence-electron chi connectivity index (χ3n) is 2.02. The minimum Gasteiger partial charge on any atom is -0.466 e. The Balaban J connectivity index is 2.48. The highest BCUT2D eigenvalue weighted by Crippen LogP contribution is 2.21. The number of hydrogen-bond acceptors (Lipinski definition) is 4. The fourth-order valence-corrected chi connectivity index (χ4v) is 1.32. The summed E-state index contributed by atoms with van der Waals surface area (Å²) in [5.41, 5.74) is 0. The fraction of sp³-hybridized carbons (Fsp3) is 0.417. The fourth-order valence-electron chi connectivity index (χ4n) is 1.19. The Labute approximate surface area is 105 Å². The summed E-state index contributed by atoms with van der Waals surface area (Å²) in [4.78, 5) is 10.6. The number of rotatable bonds is 5. The Hall–Kier alpha value is -1.26. The van der Waals surface area contributed by atoms with Crippen molar-refractivity contribution >= 4 is 17.6 Å². The molecule has 94 valence electrons. The predicted molar refractivity (Wildman–Crippen MR) is 64.0 cm³/mol. The van der Waals surface area contributed by atoms with Gasteiger partial charge in [-0.05, 0) is 24.3 Å². The van der Waals surface area contributed by atoms with E-state index in [-0.39, 0.29) is 19.0 Å². The highest BCUT2D eigenvalue weighted by molar-refractivity contribution is 6.30. The Kier molecular flexibility index (Phi) is 4.78. The Morgan fingerprint density at radius 2 is 2.00 bits per heavy atom. The molecule has 0 aromatic heterocycles. The van der Waals surface area contributed by atoms with E-state index >= 15 is 0 Å². The number of carbonyl (C=O) groups is 1. The number of esters is 1.